The standard InChI is InChI=1S/C14H16N4O2S/c1-9(14-16-6-7-17-14)18-12(19)8-20-11-4-2-10(3-5-11)13(15)21/h2-7,9H,8H2,1H3,(H2,15,21)(H,16,17)(H,18,19). The van der Waals surface area contributed by atoms with E-state index in [0.717, 1.165) is 5.56 Å². The minimum absolute atomic E-state index is 0.0720. The van der Waals surface area contributed by atoms with E-state index in [1.807, 2.05) is 6.92 Å². The number of hydrogen-bond donors (Lipinski definition) is 3. The summed E-state index contributed by atoms with van der Waals surface area (Å²) in [5.74, 6) is 1.05. The highest BCUT2D eigenvalue weighted by molar-refractivity contribution is 7.80. The number of carbonyl (C=O) groups is 1. The molecular weight excluding hydrogens is 288 g/mol. The Morgan fingerprint density at radius 1 is 1.48 bits per heavy atom. The fraction of sp³-hybridized carbons (Fsp3) is 0.214. The molecule has 0 radical (unpaired) electrons. The lowest BCUT2D eigenvalue weighted by molar-refractivity contribution is -0.123. The van der Waals surface area contributed by atoms with Gasteiger partial charge in [0.15, 0.2) is 6.61 Å². The number of benzene rings is 1. The van der Waals surface area contributed by atoms with Crippen LogP contribution < -0.4 is 15.8 Å². The first kappa shape index (κ1) is 15.0. The van der Waals surface area contributed by atoms with Gasteiger partial charge >= 0.3 is 0 Å². The molecule has 1 heterocycles. The summed E-state index contributed by atoms with van der Waals surface area (Å²) in [4.78, 5) is 19.1. The average Bonchev–Trinajstić information content (AvgIpc) is 3.00. The zero-order chi connectivity index (χ0) is 15.2. The molecule has 0 saturated carbocycles. The lowest BCUT2D eigenvalue weighted by Gasteiger charge is -2.12. The van der Waals surface area contributed by atoms with Crippen molar-refractivity contribution in [2.45, 2.75) is 13.0 Å². The number of nitrogens with two attached hydrogens (primary N) is 1. The Labute approximate surface area is 127 Å². The second kappa shape index (κ2) is 6.85. The molecule has 0 spiro atoms. The van der Waals surface area contributed by atoms with Gasteiger partial charge in [-0.05, 0) is 31.2 Å². The highest BCUT2D eigenvalue weighted by Crippen LogP contribution is 2.12. The molecule has 110 valence electrons. The van der Waals surface area contributed by atoms with Gasteiger partial charge in [0, 0.05) is 18.0 Å². The summed E-state index contributed by atoms with van der Waals surface area (Å²) in [5.41, 5.74) is 6.26. The third-order valence-corrected chi connectivity index (χ3v) is 3.05. The van der Waals surface area contributed by atoms with Gasteiger partial charge in [-0.25, -0.2) is 4.98 Å². The van der Waals surface area contributed by atoms with Crippen LogP contribution in [-0.4, -0.2) is 27.5 Å². The van der Waals surface area contributed by atoms with Gasteiger partial charge in [-0.3, -0.25) is 4.79 Å². The van der Waals surface area contributed by atoms with E-state index >= 15 is 0 Å². The van der Waals surface area contributed by atoms with Crippen LogP contribution in [0.4, 0.5) is 0 Å². The molecule has 21 heavy (non-hydrogen) atoms. The second-order valence-corrected chi connectivity index (χ2v) is 4.88. The van der Waals surface area contributed by atoms with Crippen molar-refractivity contribution in [3.63, 3.8) is 0 Å². The molecule has 1 atom stereocenters. The van der Waals surface area contributed by atoms with Crippen LogP contribution in [0, 0.1) is 0 Å². The van der Waals surface area contributed by atoms with E-state index < -0.39 is 0 Å². The Kier molecular flexibility index (Phi) is 4.89. The number of carbonyl (C=O) groups excluding carboxylic acids is 1. The molecule has 1 aromatic heterocycles. The van der Waals surface area contributed by atoms with E-state index in [4.69, 9.17) is 22.7 Å². The number of hydrogen-bond acceptors (Lipinski definition) is 4. The lowest BCUT2D eigenvalue weighted by Crippen LogP contribution is -2.31. The SMILES string of the molecule is CC(NC(=O)COc1ccc(C(N)=S)cc1)c1ncc[nH]1. The molecule has 1 unspecified atom stereocenters. The van der Waals surface area contributed by atoms with Gasteiger partial charge in [0.05, 0.1) is 6.04 Å². The average molecular weight is 304 g/mol. The Balaban J connectivity index is 1.82. The maximum atomic E-state index is 11.8. The van der Waals surface area contributed by atoms with Gasteiger partial charge in [-0.2, -0.15) is 0 Å². The van der Waals surface area contributed by atoms with Crippen LogP contribution in [-0.2, 0) is 4.79 Å². The van der Waals surface area contributed by atoms with Crippen molar-refractivity contribution in [1.29, 1.82) is 0 Å². The Hall–Kier alpha value is -2.41. The van der Waals surface area contributed by atoms with Crippen LogP contribution in [0.2, 0.25) is 0 Å². The van der Waals surface area contributed by atoms with E-state index in [0.29, 0.717) is 16.6 Å². The van der Waals surface area contributed by atoms with Crippen molar-refractivity contribution < 1.29 is 9.53 Å². The summed E-state index contributed by atoms with van der Waals surface area (Å²) >= 11 is 4.86. The fourth-order valence-corrected chi connectivity index (χ4v) is 1.87. The fourth-order valence-electron chi connectivity index (χ4n) is 1.73. The van der Waals surface area contributed by atoms with E-state index in [9.17, 15) is 4.79 Å². The van der Waals surface area contributed by atoms with Crippen LogP contribution in [0.3, 0.4) is 0 Å². The second-order valence-electron chi connectivity index (χ2n) is 4.44. The number of nitrogens with one attached hydrogen (secondary N) is 2. The number of aromatic nitrogens is 2. The molecule has 0 aliphatic carbocycles. The van der Waals surface area contributed by atoms with Gasteiger partial charge in [-0.15, -0.1) is 0 Å². The maximum absolute atomic E-state index is 11.8. The van der Waals surface area contributed by atoms with E-state index in [1.54, 1.807) is 36.7 Å². The van der Waals surface area contributed by atoms with Crippen molar-refractivity contribution in [1.82, 2.24) is 15.3 Å². The molecule has 6 nitrogen and oxygen atoms in total. The molecule has 0 aliphatic heterocycles. The largest absolute Gasteiger partial charge is 0.484 e. The van der Waals surface area contributed by atoms with Crippen molar-refractivity contribution in [2.75, 3.05) is 6.61 Å². The Morgan fingerprint density at radius 3 is 2.76 bits per heavy atom. The van der Waals surface area contributed by atoms with Crippen molar-refractivity contribution in [3.8, 4) is 5.75 Å². The Morgan fingerprint density at radius 2 is 2.19 bits per heavy atom. The number of H-pyrrole nitrogens is 1. The molecule has 0 saturated heterocycles. The normalized spacial score (nSPS) is 11.7. The number of aromatic amines is 1. The number of amides is 1. The smallest absolute Gasteiger partial charge is 0.258 e. The van der Waals surface area contributed by atoms with Gasteiger partial charge in [0.2, 0.25) is 0 Å². The summed E-state index contributed by atoms with van der Waals surface area (Å²) in [6, 6.07) is 6.74. The van der Waals surface area contributed by atoms with Crippen LogP contribution in [0.25, 0.3) is 0 Å². The van der Waals surface area contributed by atoms with Crippen LogP contribution in [0.5, 0.6) is 5.75 Å². The van der Waals surface area contributed by atoms with Crippen molar-refractivity contribution in [2.24, 2.45) is 5.73 Å². The minimum atomic E-state index is -0.225. The summed E-state index contributed by atoms with van der Waals surface area (Å²) in [7, 11) is 0. The predicted octanol–water partition coefficient (Wildman–Crippen LogP) is 1.30. The number of rotatable bonds is 6. The molecule has 1 aromatic carbocycles. The zero-order valence-electron chi connectivity index (χ0n) is 11.5. The topological polar surface area (TPSA) is 93.0 Å². The first-order chi connectivity index (χ1) is 10.1. The number of nitrogens with zero attached hydrogens (tertiary/aromatic N) is 1. The highest BCUT2D eigenvalue weighted by Gasteiger charge is 2.11. The quantitative estimate of drug-likeness (QED) is 0.700. The molecule has 0 fully saturated rings. The Bertz CT molecular complexity index is 610. The summed E-state index contributed by atoms with van der Waals surface area (Å²) in [6.07, 6.45) is 3.34. The molecule has 4 N–H and O–H groups in total. The number of imidazole rings is 1. The maximum Gasteiger partial charge on any atom is 0.258 e. The number of ether oxygens (including phenoxy) is 1. The lowest BCUT2D eigenvalue weighted by atomic mass is 10.2. The summed E-state index contributed by atoms with van der Waals surface area (Å²) < 4.78 is 5.39. The van der Waals surface area contributed by atoms with Gasteiger partial charge < -0.3 is 20.8 Å². The van der Waals surface area contributed by atoms with Crippen LogP contribution >= 0.6 is 12.2 Å². The summed E-state index contributed by atoms with van der Waals surface area (Å²) in [5, 5.41) is 2.78. The van der Waals surface area contributed by atoms with E-state index in [1.165, 1.54) is 0 Å². The van der Waals surface area contributed by atoms with E-state index in [-0.39, 0.29) is 18.6 Å². The summed E-state index contributed by atoms with van der Waals surface area (Å²) in [6.45, 7) is 1.77. The molecular formula is C14H16N4O2S. The molecule has 2 rings (SSSR count). The molecule has 2 aromatic rings. The first-order valence-corrected chi connectivity index (χ1v) is 6.78. The third kappa shape index (κ3) is 4.28. The van der Waals surface area contributed by atoms with E-state index in [2.05, 4.69) is 15.3 Å². The predicted molar refractivity (Wildman–Crippen MR) is 83.0 cm³/mol. The molecule has 0 aliphatic rings. The van der Waals surface area contributed by atoms with Gasteiger partial charge in [-0.1, -0.05) is 12.2 Å². The van der Waals surface area contributed by atoms with Gasteiger partial charge in [0.1, 0.15) is 16.6 Å². The zero-order valence-corrected chi connectivity index (χ0v) is 12.3. The molecule has 7 heteroatoms. The number of thiocarbonyl (C=S) groups is 1. The minimum Gasteiger partial charge on any atom is -0.484 e. The van der Waals surface area contributed by atoms with Gasteiger partial charge in [0.25, 0.3) is 5.91 Å². The highest BCUT2D eigenvalue weighted by atomic mass is 32.1. The molecule has 1 amide bonds. The molecule has 0 bridgehead atoms. The van der Waals surface area contributed by atoms with Crippen LogP contribution in [0.1, 0.15) is 24.4 Å². The first-order valence-electron chi connectivity index (χ1n) is 6.37. The third-order valence-electron chi connectivity index (χ3n) is 2.82. The van der Waals surface area contributed by atoms with Crippen molar-refractivity contribution in [3.05, 3.63) is 48.0 Å². The van der Waals surface area contributed by atoms with Crippen LogP contribution in [0.15, 0.2) is 36.7 Å². The monoisotopic (exact) mass is 304 g/mol. The van der Waals surface area contributed by atoms with Crippen molar-refractivity contribution >= 4 is 23.1 Å².